The molecule has 0 fully saturated rings. The van der Waals surface area contributed by atoms with E-state index in [2.05, 4.69) is 15.5 Å². The third-order valence-electron chi connectivity index (χ3n) is 3.78. The molecule has 0 radical (unpaired) electrons. The number of aromatic nitrogens is 3. The molecule has 1 aromatic carbocycles. The molecule has 0 aliphatic carbocycles. The number of aryl methyl sites for hydroxylation is 3. The van der Waals surface area contributed by atoms with Crippen molar-refractivity contribution in [3.8, 4) is 0 Å². The van der Waals surface area contributed by atoms with Crippen molar-refractivity contribution in [3.05, 3.63) is 47.2 Å². The van der Waals surface area contributed by atoms with Gasteiger partial charge in [0.25, 0.3) is 5.91 Å². The smallest absolute Gasteiger partial charge is 0.287 e. The first-order valence-corrected chi connectivity index (χ1v) is 7.12. The summed E-state index contributed by atoms with van der Waals surface area (Å²) in [7, 11) is 1.84. The molecule has 3 aromatic rings. The van der Waals surface area contributed by atoms with E-state index in [-0.39, 0.29) is 11.9 Å². The molecule has 0 unspecified atom stereocenters. The number of nitrogens with zero attached hydrogens (tertiary/aromatic N) is 3. The third-order valence-corrected chi connectivity index (χ3v) is 3.78. The third kappa shape index (κ3) is 2.36. The van der Waals surface area contributed by atoms with Gasteiger partial charge in [-0.05, 0) is 32.4 Å². The molecular weight excluding hydrogens is 280 g/mol. The number of carbonyl (C=O) groups excluding carboxylic acids is 1. The van der Waals surface area contributed by atoms with Gasteiger partial charge in [0.05, 0.1) is 6.04 Å². The average Bonchev–Trinajstić information content (AvgIpc) is 3.02. The zero-order valence-corrected chi connectivity index (χ0v) is 13.0. The van der Waals surface area contributed by atoms with Crippen molar-refractivity contribution in [2.24, 2.45) is 7.05 Å². The maximum Gasteiger partial charge on any atom is 0.287 e. The van der Waals surface area contributed by atoms with Crippen LogP contribution in [-0.2, 0) is 7.05 Å². The average molecular weight is 298 g/mol. The molecule has 0 saturated heterocycles. The Morgan fingerprint density at radius 1 is 1.36 bits per heavy atom. The van der Waals surface area contributed by atoms with Crippen LogP contribution in [0.25, 0.3) is 11.0 Å². The van der Waals surface area contributed by atoms with Crippen molar-refractivity contribution in [1.82, 2.24) is 20.1 Å². The lowest BCUT2D eigenvalue weighted by Crippen LogP contribution is -2.28. The predicted octanol–water partition coefficient (Wildman–Crippen LogP) is 2.67. The number of rotatable bonds is 3. The zero-order valence-electron chi connectivity index (χ0n) is 13.0. The van der Waals surface area contributed by atoms with Crippen molar-refractivity contribution in [3.63, 3.8) is 0 Å². The Kier molecular flexibility index (Phi) is 3.44. The summed E-state index contributed by atoms with van der Waals surface area (Å²) in [5, 5.41) is 11.7. The minimum absolute atomic E-state index is 0.248. The minimum atomic E-state index is -0.255. The Bertz CT molecular complexity index is 847. The molecular formula is C16H18N4O2. The van der Waals surface area contributed by atoms with Gasteiger partial charge in [-0.3, -0.25) is 4.79 Å². The van der Waals surface area contributed by atoms with E-state index in [4.69, 9.17) is 4.42 Å². The highest BCUT2D eigenvalue weighted by atomic mass is 16.3. The normalized spacial score (nSPS) is 12.5. The fourth-order valence-electron chi connectivity index (χ4n) is 2.56. The van der Waals surface area contributed by atoms with E-state index in [0.29, 0.717) is 11.6 Å². The molecule has 6 nitrogen and oxygen atoms in total. The summed E-state index contributed by atoms with van der Waals surface area (Å²) in [6, 6.07) is 5.67. The van der Waals surface area contributed by atoms with E-state index in [1.807, 2.05) is 46.0 Å². The van der Waals surface area contributed by atoms with Crippen LogP contribution < -0.4 is 5.32 Å². The molecule has 0 aliphatic rings. The predicted molar refractivity (Wildman–Crippen MR) is 82.6 cm³/mol. The van der Waals surface area contributed by atoms with Gasteiger partial charge in [-0.25, -0.2) is 0 Å². The Morgan fingerprint density at radius 2 is 2.14 bits per heavy atom. The van der Waals surface area contributed by atoms with Crippen LogP contribution >= 0.6 is 0 Å². The van der Waals surface area contributed by atoms with Crippen LogP contribution in [0.2, 0.25) is 0 Å². The maximum atomic E-state index is 12.5. The highest BCUT2D eigenvalue weighted by molar-refractivity contribution is 5.99. The summed E-state index contributed by atoms with van der Waals surface area (Å²) in [6.45, 7) is 5.75. The van der Waals surface area contributed by atoms with Gasteiger partial charge in [0.15, 0.2) is 11.6 Å². The molecule has 22 heavy (non-hydrogen) atoms. The van der Waals surface area contributed by atoms with Crippen molar-refractivity contribution >= 4 is 16.9 Å². The van der Waals surface area contributed by atoms with Crippen LogP contribution in [0.5, 0.6) is 0 Å². The first-order chi connectivity index (χ1) is 10.5. The van der Waals surface area contributed by atoms with E-state index in [0.717, 1.165) is 22.1 Å². The van der Waals surface area contributed by atoms with Crippen molar-refractivity contribution in [2.75, 3.05) is 0 Å². The molecule has 6 heteroatoms. The van der Waals surface area contributed by atoms with Crippen LogP contribution in [-0.4, -0.2) is 20.7 Å². The Balaban J connectivity index is 1.89. The number of carbonyl (C=O) groups is 1. The molecule has 114 valence electrons. The van der Waals surface area contributed by atoms with Crippen molar-refractivity contribution in [2.45, 2.75) is 26.8 Å². The van der Waals surface area contributed by atoms with Crippen LogP contribution in [0.15, 0.2) is 28.9 Å². The Morgan fingerprint density at radius 3 is 2.82 bits per heavy atom. The van der Waals surface area contributed by atoms with E-state index in [1.54, 1.807) is 10.9 Å². The van der Waals surface area contributed by atoms with E-state index in [9.17, 15) is 4.79 Å². The van der Waals surface area contributed by atoms with E-state index in [1.165, 1.54) is 0 Å². The standard InChI is InChI=1S/C16H18N4O2/c1-9-5-6-12-10(2)14(22-13(12)7-9)16(21)18-11(3)15-19-17-8-20(15)4/h5-8,11H,1-4H3,(H,18,21)/t11-/m1/s1. The number of hydrogen-bond donors (Lipinski definition) is 1. The summed E-state index contributed by atoms with van der Waals surface area (Å²) in [5.74, 6) is 0.787. The number of furan rings is 1. The maximum absolute atomic E-state index is 12.5. The largest absolute Gasteiger partial charge is 0.451 e. The zero-order chi connectivity index (χ0) is 15.9. The lowest BCUT2D eigenvalue weighted by atomic mass is 10.1. The lowest BCUT2D eigenvalue weighted by Gasteiger charge is -2.12. The number of amides is 1. The van der Waals surface area contributed by atoms with Gasteiger partial charge in [-0.1, -0.05) is 12.1 Å². The molecule has 0 saturated carbocycles. The van der Waals surface area contributed by atoms with E-state index < -0.39 is 0 Å². The molecule has 1 amide bonds. The minimum Gasteiger partial charge on any atom is -0.451 e. The van der Waals surface area contributed by atoms with Crippen LogP contribution in [0, 0.1) is 13.8 Å². The fraction of sp³-hybridized carbons (Fsp3) is 0.312. The summed E-state index contributed by atoms with van der Waals surface area (Å²) < 4.78 is 7.51. The topological polar surface area (TPSA) is 73.0 Å². The monoisotopic (exact) mass is 298 g/mol. The van der Waals surface area contributed by atoms with Gasteiger partial charge in [0.1, 0.15) is 11.9 Å². The van der Waals surface area contributed by atoms with Crippen LogP contribution in [0.1, 0.15) is 40.5 Å². The first kappa shape index (κ1) is 14.3. The van der Waals surface area contributed by atoms with E-state index >= 15 is 0 Å². The summed E-state index contributed by atoms with van der Waals surface area (Å²) in [5.41, 5.74) is 2.67. The van der Waals surface area contributed by atoms with Crippen molar-refractivity contribution < 1.29 is 9.21 Å². The fourth-order valence-corrected chi connectivity index (χ4v) is 2.56. The molecule has 0 spiro atoms. The summed E-state index contributed by atoms with van der Waals surface area (Å²) in [4.78, 5) is 12.5. The van der Waals surface area contributed by atoms with Gasteiger partial charge in [0.2, 0.25) is 0 Å². The van der Waals surface area contributed by atoms with Gasteiger partial charge < -0.3 is 14.3 Å². The number of fused-ring (bicyclic) bond motifs is 1. The van der Waals surface area contributed by atoms with Crippen LogP contribution in [0.4, 0.5) is 0 Å². The molecule has 2 heterocycles. The summed E-state index contributed by atoms with van der Waals surface area (Å²) in [6.07, 6.45) is 1.60. The molecule has 0 aliphatic heterocycles. The second-order valence-corrected chi connectivity index (χ2v) is 5.55. The number of benzene rings is 1. The molecule has 1 N–H and O–H groups in total. The second-order valence-electron chi connectivity index (χ2n) is 5.55. The Labute approximate surface area is 128 Å². The van der Waals surface area contributed by atoms with Crippen molar-refractivity contribution in [1.29, 1.82) is 0 Å². The number of nitrogens with one attached hydrogen (secondary N) is 1. The Hall–Kier alpha value is -2.63. The molecule has 0 bridgehead atoms. The summed E-state index contributed by atoms with van der Waals surface area (Å²) >= 11 is 0. The van der Waals surface area contributed by atoms with Gasteiger partial charge in [0, 0.05) is 18.0 Å². The SMILES string of the molecule is Cc1ccc2c(C)c(C(=O)N[C@H](C)c3nncn3C)oc2c1. The molecule has 3 rings (SSSR count). The highest BCUT2D eigenvalue weighted by Crippen LogP contribution is 2.26. The lowest BCUT2D eigenvalue weighted by molar-refractivity contribution is 0.0911. The molecule has 1 atom stereocenters. The second kappa shape index (κ2) is 5.29. The van der Waals surface area contributed by atoms with Gasteiger partial charge in [-0.2, -0.15) is 0 Å². The first-order valence-electron chi connectivity index (χ1n) is 7.12. The van der Waals surface area contributed by atoms with Gasteiger partial charge >= 0.3 is 0 Å². The number of hydrogen-bond acceptors (Lipinski definition) is 4. The highest BCUT2D eigenvalue weighted by Gasteiger charge is 2.21. The van der Waals surface area contributed by atoms with Crippen LogP contribution in [0.3, 0.4) is 0 Å². The van der Waals surface area contributed by atoms with Gasteiger partial charge in [-0.15, -0.1) is 10.2 Å². The quantitative estimate of drug-likeness (QED) is 0.807. The molecule has 2 aromatic heterocycles.